The summed E-state index contributed by atoms with van der Waals surface area (Å²) >= 11 is 0. The van der Waals surface area contributed by atoms with E-state index >= 15 is 0 Å². The van der Waals surface area contributed by atoms with Crippen molar-refractivity contribution < 1.29 is 4.79 Å². The summed E-state index contributed by atoms with van der Waals surface area (Å²) in [5.74, 6) is 1.87. The van der Waals surface area contributed by atoms with Gasteiger partial charge in [0.2, 0.25) is 0 Å². The average molecular weight is 184 g/mol. The van der Waals surface area contributed by atoms with Gasteiger partial charge in [0, 0.05) is 12.3 Å². The van der Waals surface area contributed by atoms with E-state index in [1.165, 1.54) is 6.42 Å². The van der Waals surface area contributed by atoms with Crippen LogP contribution in [-0.2, 0) is 4.79 Å². The number of carbonyl (C=O) groups excluding carboxylic acids is 1. The molecular weight excluding hydrogens is 160 g/mol. The van der Waals surface area contributed by atoms with Gasteiger partial charge >= 0.3 is 0 Å². The summed E-state index contributed by atoms with van der Waals surface area (Å²) in [4.78, 5) is 11.6. The second kappa shape index (κ2) is 6.17. The molecule has 0 aromatic carbocycles. The summed E-state index contributed by atoms with van der Waals surface area (Å²) < 4.78 is 0. The van der Waals surface area contributed by atoms with E-state index < -0.39 is 0 Å². The first-order chi connectivity index (χ1) is 5.99. The normalized spacial score (nSPS) is 15.8. The highest BCUT2D eigenvalue weighted by atomic mass is 16.1. The maximum absolute atomic E-state index is 11.6. The molecule has 0 rings (SSSR count). The Morgan fingerprint density at radius 2 is 1.69 bits per heavy atom. The van der Waals surface area contributed by atoms with Crippen LogP contribution in [0.3, 0.4) is 0 Å². The highest BCUT2D eigenvalue weighted by molar-refractivity contribution is 5.80. The summed E-state index contributed by atoms with van der Waals surface area (Å²) in [6.45, 7) is 10.7. The van der Waals surface area contributed by atoms with Crippen molar-refractivity contribution in [3.8, 4) is 0 Å². The van der Waals surface area contributed by atoms with Gasteiger partial charge in [-0.05, 0) is 18.3 Å². The third kappa shape index (κ3) is 5.07. The van der Waals surface area contributed by atoms with Crippen LogP contribution in [0.25, 0.3) is 0 Å². The van der Waals surface area contributed by atoms with E-state index in [0.717, 1.165) is 12.8 Å². The molecule has 0 aliphatic rings. The molecule has 0 amide bonds. The third-order valence-electron chi connectivity index (χ3n) is 3.09. The number of carbonyl (C=O) groups is 1. The first kappa shape index (κ1) is 12.7. The highest BCUT2D eigenvalue weighted by Gasteiger charge is 2.16. The predicted octanol–water partition coefficient (Wildman–Crippen LogP) is 3.67. The monoisotopic (exact) mass is 184 g/mol. The molecule has 13 heavy (non-hydrogen) atoms. The van der Waals surface area contributed by atoms with Crippen LogP contribution < -0.4 is 0 Å². The van der Waals surface area contributed by atoms with E-state index in [4.69, 9.17) is 0 Å². The van der Waals surface area contributed by atoms with Crippen molar-refractivity contribution in [1.82, 2.24) is 0 Å². The van der Waals surface area contributed by atoms with Crippen molar-refractivity contribution in [3.05, 3.63) is 0 Å². The Morgan fingerprint density at radius 3 is 2.08 bits per heavy atom. The van der Waals surface area contributed by atoms with Gasteiger partial charge in [0.15, 0.2) is 0 Å². The Kier molecular flexibility index (Phi) is 6.02. The van der Waals surface area contributed by atoms with E-state index in [2.05, 4.69) is 27.7 Å². The molecule has 0 aliphatic carbocycles. The Bertz CT molecular complexity index is 149. The molecule has 0 spiro atoms. The molecule has 0 aliphatic heterocycles. The van der Waals surface area contributed by atoms with Crippen molar-refractivity contribution in [1.29, 1.82) is 0 Å². The predicted molar refractivity (Wildman–Crippen MR) is 57.7 cm³/mol. The first-order valence-electron chi connectivity index (χ1n) is 5.51. The molecule has 0 bridgehead atoms. The molecule has 0 saturated heterocycles. The van der Waals surface area contributed by atoms with Gasteiger partial charge in [0.25, 0.3) is 0 Å². The largest absolute Gasteiger partial charge is 0.299 e. The summed E-state index contributed by atoms with van der Waals surface area (Å²) in [6.07, 6.45) is 3.02. The zero-order chi connectivity index (χ0) is 10.4. The summed E-state index contributed by atoms with van der Waals surface area (Å²) in [6, 6.07) is 0. The molecule has 2 atom stereocenters. The standard InChI is InChI=1S/C12H24O/c1-6-10(4)7-8-12(13)11(5)9(2)3/h9-11H,6-8H2,1-5H3/t10?,11-/m0/s1. The molecule has 1 unspecified atom stereocenters. The van der Waals surface area contributed by atoms with Crippen LogP contribution in [0.4, 0.5) is 0 Å². The molecule has 0 radical (unpaired) electrons. The van der Waals surface area contributed by atoms with Crippen molar-refractivity contribution in [2.24, 2.45) is 17.8 Å². The van der Waals surface area contributed by atoms with Crippen LogP contribution in [0.2, 0.25) is 0 Å². The quantitative estimate of drug-likeness (QED) is 0.615. The van der Waals surface area contributed by atoms with Crippen molar-refractivity contribution >= 4 is 5.78 Å². The lowest BCUT2D eigenvalue weighted by atomic mass is 9.89. The van der Waals surface area contributed by atoms with Crippen LogP contribution in [-0.4, -0.2) is 5.78 Å². The first-order valence-corrected chi connectivity index (χ1v) is 5.51. The molecular formula is C12H24O. The van der Waals surface area contributed by atoms with Crippen LogP contribution in [0.5, 0.6) is 0 Å². The van der Waals surface area contributed by atoms with Gasteiger partial charge in [-0.25, -0.2) is 0 Å². The number of Topliss-reactive ketones (excluding diaryl/α,β-unsaturated/α-hetero) is 1. The van der Waals surface area contributed by atoms with Crippen LogP contribution in [0, 0.1) is 17.8 Å². The van der Waals surface area contributed by atoms with Crippen molar-refractivity contribution in [3.63, 3.8) is 0 Å². The molecule has 0 aromatic rings. The van der Waals surface area contributed by atoms with Gasteiger partial charge in [0.1, 0.15) is 5.78 Å². The van der Waals surface area contributed by atoms with Gasteiger partial charge < -0.3 is 0 Å². The van der Waals surface area contributed by atoms with Crippen molar-refractivity contribution in [2.75, 3.05) is 0 Å². The summed E-state index contributed by atoms with van der Waals surface area (Å²) in [5.41, 5.74) is 0. The third-order valence-corrected chi connectivity index (χ3v) is 3.09. The topological polar surface area (TPSA) is 17.1 Å². The molecule has 0 N–H and O–H groups in total. The fourth-order valence-electron chi connectivity index (χ4n) is 1.19. The van der Waals surface area contributed by atoms with Gasteiger partial charge in [-0.1, -0.05) is 41.0 Å². The molecule has 0 heterocycles. The second-order valence-corrected chi connectivity index (χ2v) is 4.55. The fourth-order valence-corrected chi connectivity index (χ4v) is 1.19. The smallest absolute Gasteiger partial charge is 0.135 e. The number of ketones is 1. The highest BCUT2D eigenvalue weighted by Crippen LogP contribution is 2.17. The maximum atomic E-state index is 11.6. The minimum absolute atomic E-state index is 0.240. The zero-order valence-electron chi connectivity index (χ0n) is 9.76. The van der Waals surface area contributed by atoms with E-state index in [9.17, 15) is 4.79 Å². The molecule has 0 aromatic heterocycles. The number of hydrogen-bond acceptors (Lipinski definition) is 1. The number of rotatable bonds is 6. The molecule has 1 nitrogen and oxygen atoms in total. The summed E-state index contributed by atoms with van der Waals surface area (Å²) in [5, 5.41) is 0. The van der Waals surface area contributed by atoms with Gasteiger partial charge in [0.05, 0.1) is 0 Å². The lowest BCUT2D eigenvalue weighted by molar-refractivity contribution is -0.123. The lowest BCUT2D eigenvalue weighted by Crippen LogP contribution is -2.17. The lowest BCUT2D eigenvalue weighted by Gasteiger charge is -2.15. The molecule has 78 valence electrons. The Hall–Kier alpha value is -0.330. The van der Waals surface area contributed by atoms with E-state index in [0.29, 0.717) is 17.6 Å². The van der Waals surface area contributed by atoms with Gasteiger partial charge in [-0.2, -0.15) is 0 Å². The average Bonchev–Trinajstić information content (AvgIpc) is 2.11. The van der Waals surface area contributed by atoms with Crippen molar-refractivity contribution in [2.45, 2.75) is 53.9 Å². The Balaban J connectivity index is 3.74. The van der Waals surface area contributed by atoms with Crippen LogP contribution in [0.15, 0.2) is 0 Å². The molecule has 0 saturated carbocycles. The number of hydrogen-bond donors (Lipinski definition) is 0. The van der Waals surface area contributed by atoms with E-state index in [-0.39, 0.29) is 5.92 Å². The van der Waals surface area contributed by atoms with E-state index in [1.54, 1.807) is 0 Å². The maximum Gasteiger partial charge on any atom is 0.135 e. The van der Waals surface area contributed by atoms with Gasteiger partial charge in [-0.3, -0.25) is 4.79 Å². The minimum Gasteiger partial charge on any atom is -0.299 e. The Morgan fingerprint density at radius 1 is 1.15 bits per heavy atom. The molecule has 0 fully saturated rings. The van der Waals surface area contributed by atoms with Crippen LogP contribution >= 0.6 is 0 Å². The van der Waals surface area contributed by atoms with Crippen LogP contribution in [0.1, 0.15) is 53.9 Å². The summed E-state index contributed by atoms with van der Waals surface area (Å²) in [7, 11) is 0. The van der Waals surface area contributed by atoms with Gasteiger partial charge in [-0.15, -0.1) is 0 Å². The Labute approximate surface area is 82.9 Å². The molecule has 1 heteroatoms. The SMILES string of the molecule is CCC(C)CCC(=O)[C@@H](C)C(C)C. The minimum atomic E-state index is 0.240. The zero-order valence-corrected chi connectivity index (χ0v) is 9.76. The van der Waals surface area contributed by atoms with E-state index in [1.807, 2.05) is 6.92 Å². The fraction of sp³-hybridized carbons (Fsp3) is 0.917. The second-order valence-electron chi connectivity index (χ2n) is 4.55.